The fourth-order valence-corrected chi connectivity index (χ4v) is 4.35. The third-order valence-electron chi connectivity index (χ3n) is 3.14. The normalized spacial score (nSPS) is 21.2. The molecular weight excluding hydrogens is 332 g/mol. The topological polar surface area (TPSA) is 89.3 Å². The Kier molecular flexibility index (Phi) is 4.15. The number of nitrogen functional groups attached to an aromatic ring is 1. The van der Waals surface area contributed by atoms with Crippen LogP contribution < -0.4 is 11.1 Å². The van der Waals surface area contributed by atoms with Gasteiger partial charge >= 0.3 is 0 Å². The number of anilines is 1. The molecule has 1 aliphatic rings. The molecule has 2 rings (SSSR count). The molecular formula is C12H15BrN2O3S. The summed E-state index contributed by atoms with van der Waals surface area (Å²) in [4.78, 5) is 11.9. The molecule has 1 heterocycles. The maximum Gasteiger partial charge on any atom is 0.253 e. The summed E-state index contributed by atoms with van der Waals surface area (Å²) < 4.78 is 23.4. The average Bonchev–Trinajstić information content (AvgIpc) is 2.66. The second kappa shape index (κ2) is 5.50. The summed E-state index contributed by atoms with van der Waals surface area (Å²) in [7, 11) is -2.90. The number of hydrogen-bond acceptors (Lipinski definition) is 4. The van der Waals surface area contributed by atoms with Crippen LogP contribution in [0.25, 0.3) is 0 Å². The first-order chi connectivity index (χ1) is 8.87. The Morgan fingerprint density at radius 1 is 1.47 bits per heavy atom. The number of benzene rings is 1. The smallest absolute Gasteiger partial charge is 0.253 e. The Balaban J connectivity index is 1.95. The number of carbonyl (C=O) groups excluding carboxylic acids is 1. The molecule has 1 unspecified atom stereocenters. The highest BCUT2D eigenvalue weighted by atomic mass is 79.9. The molecule has 7 heteroatoms. The number of hydrogen-bond donors (Lipinski definition) is 2. The maximum atomic E-state index is 11.9. The Morgan fingerprint density at radius 3 is 2.79 bits per heavy atom. The van der Waals surface area contributed by atoms with Crippen LogP contribution in [0.5, 0.6) is 0 Å². The van der Waals surface area contributed by atoms with Crippen molar-refractivity contribution in [1.29, 1.82) is 0 Å². The Hall–Kier alpha value is -1.08. The average molecular weight is 347 g/mol. The number of carbonyl (C=O) groups is 1. The van der Waals surface area contributed by atoms with Crippen molar-refractivity contribution >= 4 is 37.4 Å². The number of nitrogens with two attached hydrogens (primary N) is 1. The molecule has 0 spiro atoms. The van der Waals surface area contributed by atoms with E-state index in [-0.39, 0.29) is 23.3 Å². The molecule has 0 radical (unpaired) electrons. The summed E-state index contributed by atoms with van der Waals surface area (Å²) in [6.07, 6.45) is 0.610. The van der Waals surface area contributed by atoms with Gasteiger partial charge in [0, 0.05) is 16.7 Å². The summed E-state index contributed by atoms with van der Waals surface area (Å²) in [6, 6.07) is 5.04. The molecule has 0 aliphatic carbocycles. The van der Waals surface area contributed by atoms with E-state index >= 15 is 0 Å². The summed E-state index contributed by atoms with van der Waals surface area (Å²) in [5, 5.41) is 2.74. The number of sulfone groups is 1. The van der Waals surface area contributed by atoms with Crippen LogP contribution in [0.1, 0.15) is 16.8 Å². The van der Waals surface area contributed by atoms with Gasteiger partial charge in [-0.2, -0.15) is 0 Å². The van der Waals surface area contributed by atoms with Crippen molar-refractivity contribution in [2.75, 3.05) is 23.8 Å². The predicted octanol–water partition coefficient (Wildman–Crippen LogP) is 1.20. The van der Waals surface area contributed by atoms with Crippen molar-refractivity contribution in [3.63, 3.8) is 0 Å². The van der Waals surface area contributed by atoms with Crippen LogP contribution in [0.2, 0.25) is 0 Å². The van der Waals surface area contributed by atoms with Gasteiger partial charge in [-0.3, -0.25) is 4.79 Å². The van der Waals surface area contributed by atoms with Crippen molar-refractivity contribution < 1.29 is 13.2 Å². The SMILES string of the molecule is Nc1cc(Br)ccc1C(=O)NCC1CCS(=O)(=O)C1. The van der Waals surface area contributed by atoms with Gasteiger partial charge in [0.25, 0.3) is 5.91 Å². The van der Waals surface area contributed by atoms with Crippen LogP contribution in [-0.2, 0) is 9.84 Å². The van der Waals surface area contributed by atoms with Gasteiger partial charge in [0.2, 0.25) is 0 Å². The van der Waals surface area contributed by atoms with E-state index in [0.717, 1.165) is 4.47 Å². The van der Waals surface area contributed by atoms with Gasteiger partial charge in [0.15, 0.2) is 9.84 Å². The minimum atomic E-state index is -2.90. The Labute approximate surface area is 120 Å². The van der Waals surface area contributed by atoms with Crippen molar-refractivity contribution in [2.24, 2.45) is 5.92 Å². The molecule has 3 N–H and O–H groups in total. The van der Waals surface area contributed by atoms with Crippen molar-refractivity contribution in [3.8, 4) is 0 Å². The Morgan fingerprint density at radius 2 is 2.21 bits per heavy atom. The third kappa shape index (κ3) is 3.70. The van der Waals surface area contributed by atoms with E-state index < -0.39 is 9.84 Å². The zero-order valence-electron chi connectivity index (χ0n) is 10.2. The Bertz CT molecular complexity index is 601. The van der Waals surface area contributed by atoms with E-state index in [2.05, 4.69) is 21.2 Å². The highest BCUT2D eigenvalue weighted by Crippen LogP contribution is 2.20. The lowest BCUT2D eigenvalue weighted by atomic mass is 10.1. The van der Waals surface area contributed by atoms with Crippen LogP contribution in [0, 0.1) is 5.92 Å². The number of halogens is 1. The van der Waals surface area contributed by atoms with Gasteiger partial charge in [-0.25, -0.2) is 8.42 Å². The summed E-state index contributed by atoms with van der Waals surface area (Å²) in [6.45, 7) is 0.369. The van der Waals surface area contributed by atoms with Crippen LogP contribution in [0.4, 0.5) is 5.69 Å². The third-order valence-corrected chi connectivity index (χ3v) is 5.47. The zero-order chi connectivity index (χ0) is 14.0. The second-order valence-corrected chi connectivity index (χ2v) is 7.86. The predicted molar refractivity (Wildman–Crippen MR) is 77.6 cm³/mol. The van der Waals surface area contributed by atoms with E-state index in [1.54, 1.807) is 18.2 Å². The summed E-state index contributed by atoms with van der Waals surface area (Å²) in [5.41, 5.74) is 6.56. The number of amides is 1. The van der Waals surface area contributed by atoms with Crippen LogP contribution >= 0.6 is 15.9 Å². The van der Waals surface area contributed by atoms with Crippen LogP contribution in [-0.4, -0.2) is 32.4 Å². The lowest BCUT2D eigenvalue weighted by Gasteiger charge is -2.11. The zero-order valence-corrected chi connectivity index (χ0v) is 12.6. The number of rotatable bonds is 3. The molecule has 1 aliphatic heterocycles. The fraction of sp³-hybridized carbons (Fsp3) is 0.417. The first-order valence-electron chi connectivity index (χ1n) is 5.91. The minimum absolute atomic E-state index is 0.00521. The second-order valence-electron chi connectivity index (χ2n) is 4.71. The quantitative estimate of drug-likeness (QED) is 0.804. The molecule has 1 fully saturated rings. The fourth-order valence-electron chi connectivity index (χ4n) is 2.11. The molecule has 19 heavy (non-hydrogen) atoms. The van der Waals surface area contributed by atoms with Gasteiger partial charge in [-0.15, -0.1) is 0 Å². The molecule has 1 aromatic rings. The summed E-state index contributed by atoms with van der Waals surface area (Å²) >= 11 is 3.27. The minimum Gasteiger partial charge on any atom is -0.398 e. The van der Waals surface area contributed by atoms with Crippen molar-refractivity contribution in [3.05, 3.63) is 28.2 Å². The molecule has 5 nitrogen and oxygen atoms in total. The van der Waals surface area contributed by atoms with E-state index in [1.807, 2.05) is 0 Å². The lowest BCUT2D eigenvalue weighted by molar-refractivity contribution is 0.0949. The largest absolute Gasteiger partial charge is 0.398 e. The van der Waals surface area contributed by atoms with Gasteiger partial charge in [-0.1, -0.05) is 15.9 Å². The standard InChI is InChI=1S/C12H15BrN2O3S/c13-9-1-2-10(11(14)5-9)12(16)15-6-8-3-4-19(17,18)7-8/h1-2,5,8H,3-4,6-7,14H2,(H,15,16). The molecule has 104 valence electrons. The maximum absolute atomic E-state index is 11.9. The van der Waals surface area contributed by atoms with Gasteiger partial charge in [0.1, 0.15) is 0 Å². The molecule has 0 bridgehead atoms. The molecule has 1 aromatic carbocycles. The highest BCUT2D eigenvalue weighted by molar-refractivity contribution is 9.10. The molecule has 1 saturated heterocycles. The van der Waals surface area contributed by atoms with Crippen LogP contribution in [0.3, 0.4) is 0 Å². The molecule has 0 saturated carbocycles. The first-order valence-corrected chi connectivity index (χ1v) is 8.52. The van der Waals surface area contributed by atoms with Gasteiger partial charge < -0.3 is 11.1 Å². The first kappa shape index (κ1) is 14.3. The van der Waals surface area contributed by atoms with Gasteiger partial charge in [-0.05, 0) is 30.5 Å². The van der Waals surface area contributed by atoms with E-state index in [0.29, 0.717) is 24.2 Å². The molecule has 1 amide bonds. The monoisotopic (exact) mass is 346 g/mol. The number of nitrogens with one attached hydrogen (secondary N) is 1. The van der Waals surface area contributed by atoms with Crippen molar-refractivity contribution in [1.82, 2.24) is 5.32 Å². The highest BCUT2D eigenvalue weighted by Gasteiger charge is 2.28. The molecule has 1 atom stereocenters. The van der Waals surface area contributed by atoms with Gasteiger partial charge in [0.05, 0.1) is 17.1 Å². The van der Waals surface area contributed by atoms with Crippen molar-refractivity contribution in [2.45, 2.75) is 6.42 Å². The van der Waals surface area contributed by atoms with Crippen LogP contribution in [0.15, 0.2) is 22.7 Å². The van der Waals surface area contributed by atoms with E-state index in [9.17, 15) is 13.2 Å². The van der Waals surface area contributed by atoms with E-state index in [1.165, 1.54) is 0 Å². The van der Waals surface area contributed by atoms with E-state index in [4.69, 9.17) is 5.73 Å². The summed E-state index contributed by atoms with van der Waals surface area (Å²) in [5.74, 6) is 0.108. The molecule has 0 aromatic heterocycles. The lowest BCUT2D eigenvalue weighted by Crippen LogP contribution is -2.30.